The molecule has 104 valence electrons. The Morgan fingerprint density at radius 3 is 2.58 bits per heavy atom. The highest BCUT2D eigenvalue weighted by Crippen LogP contribution is 2.36. The molecule has 0 saturated heterocycles. The number of benzene rings is 1. The van der Waals surface area contributed by atoms with Gasteiger partial charge in [-0.1, -0.05) is 28.4 Å². The molecular weight excluding hydrogens is 308 g/mol. The number of hydrogen-bond acceptors (Lipinski definition) is 3. The maximum atomic E-state index is 12.1. The van der Waals surface area contributed by atoms with Crippen LogP contribution in [0.4, 0.5) is 0 Å². The summed E-state index contributed by atoms with van der Waals surface area (Å²) in [5, 5.41) is 0. The Bertz CT molecular complexity index is 464. The molecule has 1 fully saturated rings. The minimum Gasteiger partial charge on any atom is -0.475 e. The highest BCUT2D eigenvalue weighted by atomic mass is 79.9. The molecule has 0 amide bonds. The minimum absolute atomic E-state index is 0.258. The average Bonchev–Trinajstić information content (AvgIpc) is 2.44. The molecule has 0 aliphatic heterocycles. The Hall–Kier alpha value is -1.03. The molecule has 4 heteroatoms. The van der Waals surface area contributed by atoms with Crippen molar-refractivity contribution in [1.82, 2.24) is 0 Å². The maximum Gasteiger partial charge on any atom is 0.350 e. The lowest BCUT2D eigenvalue weighted by Gasteiger charge is -2.35. The van der Waals surface area contributed by atoms with E-state index in [0.717, 1.165) is 47.9 Å². The summed E-state index contributed by atoms with van der Waals surface area (Å²) in [5.74, 6) is 0.494. The summed E-state index contributed by atoms with van der Waals surface area (Å²) >= 11 is 3.49. The van der Waals surface area contributed by atoms with Crippen LogP contribution < -0.4 is 4.74 Å². The summed E-state index contributed by atoms with van der Waals surface area (Å²) in [5.41, 5.74) is 0.204. The molecule has 1 aromatic rings. The summed E-state index contributed by atoms with van der Waals surface area (Å²) in [6.45, 7) is 1.98. The highest BCUT2D eigenvalue weighted by molar-refractivity contribution is 9.10. The highest BCUT2D eigenvalue weighted by Gasteiger charge is 2.43. The van der Waals surface area contributed by atoms with Crippen LogP contribution in [0, 0.1) is 6.92 Å². The van der Waals surface area contributed by atoms with Crippen LogP contribution in [0.1, 0.15) is 37.7 Å². The molecule has 1 aliphatic carbocycles. The molecule has 0 unspecified atom stereocenters. The zero-order chi connectivity index (χ0) is 13.9. The van der Waals surface area contributed by atoms with Gasteiger partial charge in [-0.2, -0.15) is 0 Å². The van der Waals surface area contributed by atoms with Gasteiger partial charge in [0.2, 0.25) is 5.60 Å². The largest absolute Gasteiger partial charge is 0.475 e. The summed E-state index contributed by atoms with van der Waals surface area (Å²) in [6, 6.07) is 5.79. The second kappa shape index (κ2) is 5.95. The smallest absolute Gasteiger partial charge is 0.350 e. The molecule has 0 aromatic heterocycles. The number of halogens is 1. The number of carbonyl (C=O) groups excluding carboxylic acids is 1. The zero-order valence-corrected chi connectivity index (χ0v) is 13.0. The number of esters is 1. The van der Waals surface area contributed by atoms with E-state index in [-0.39, 0.29) is 5.97 Å². The lowest BCUT2D eigenvalue weighted by molar-refractivity contribution is -0.162. The van der Waals surface area contributed by atoms with E-state index in [1.54, 1.807) is 0 Å². The number of hydrogen-bond donors (Lipinski definition) is 0. The Kier molecular flexibility index (Phi) is 4.50. The van der Waals surface area contributed by atoms with E-state index in [1.807, 2.05) is 25.1 Å². The molecule has 0 heterocycles. The zero-order valence-electron chi connectivity index (χ0n) is 11.4. The number of rotatable bonds is 3. The van der Waals surface area contributed by atoms with Gasteiger partial charge in [-0.25, -0.2) is 4.79 Å². The molecule has 0 atom stereocenters. The van der Waals surface area contributed by atoms with Gasteiger partial charge >= 0.3 is 5.97 Å². The van der Waals surface area contributed by atoms with Crippen LogP contribution in [0.25, 0.3) is 0 Å². The predicted molar refractivity (Wildman–Crippen MR) is 77.3 cm³/mol. The first-order valence-corrected chi connectivity index (χ1v) is 7.41. The van der Waals surface area contributed by atoms with Crippen molar-refractivity contribution in [3.8, 4) is 5.75 Å². The molecule has 0 spiro atoms. The second-order valence-corrected chi connectivity index (χ2v) is 5.87. The van der Waals surface area contributed by atoms with Crippen molar-refractivity contribution in [2.75, 3.05) is 7.11 Å². The average molecular weight is 327 g/mol. The van der Waals surface area contributed by atoms with Crippen LogP contribution in [0.15, 0.2) is 22.7 Å². The Morgan fingerprint density at radius 2 is 1.95 bits per heavy atom. The van der Waals surface area contributed by atoms with Gasteiger partial charge in [0.25, 0.3) is 0 Å². The number of ether oxygens (including phenoxy) is 2. The van der Waals surface area contributed by atoms with Crippen molar-refractivity contribution in [2.24, 2.45) is 0 Å². The summed E-state index contributed by atoms with van der Waals surface area (Å²) in [7, 11) is 1.43. The minimum atomic E-state index is -0.807. The molecular formula is C15H19BrO3. The van der Waals surface area contributed by atoms with E-state index in [0.29, 0.717) is 0 Å². The quantitative estimate of drug-likeness (QED) is 0.787. The summed E-state index contributed by atoms with van der Waals surface area (Å²) in [6.07, 6.45) is 4.61. The molecule has 1 saturated carbocycles. The van der Waals surface area contributed by atoms with Crippen LogP contribution >= 0.6 is 15.9 Å². The van der Waals surface area contributed by atoms with E-state index < -0.39 is 5.60 Å². The van der Waals surface area contributed by atoms with Crippen molar-refractivity contribution in [3.63, 3.8) is 0 Å². The summed E-state index contributed by atoms with van der Waals surface area (Å²) in [4.78, 5) is 12.1. The SMILES string of the molecule is COC(=O)C1(Oc2cccc(Br)c2C)CCCCC1. The van der Waals surface area contributed by atoms with Crippen LogP contribution in [0.2, 0.25) is 0 Å². The fourth-order valence-corrected chi connectivity index (χ4v) is 2.91. The van der Waals surface area contributed by atoms with E-state index in [9.17, 15) is 4.79 Å². The van der Waals surface area contributed by atoms with Crippen molar-refractivity contribution in [1.29, 1.82) is 0 Å². The van der Waals surface area contributed by atoms with Gasteiger partial charge in [0.15, 0.2) is 0 Å². The van der Waals surface area contributed by atoms with Gasteiger partial charge in [0, 0.05) is 10.0 Å². The first-order chi connectivity index (χ1) is 9.09. The third-order valence-electron chi connectivity index (χ3n) is 3.74. The Balaban J connectivity index is 2.30. The predicted octanol–water partition coefficient (Wildman–Crippen LogP) is 4.01. The van der Waals surface area contributed by atoms with Gasteiger partial charge in [0.05, 0.1) is 7.11 Å². The molecule has 1 aromatic carbocycles. The fourth-order valence-electron chi connectivity index (χ4n) is 2.57. The molecule has 19 heavy (non-hydrogen) atoms. The summed E-state index contributed by atoms with van der Waals surface area (Å²) < 4.78 is 12.0. The second-order valence-electron chi connectivity index (χ2n) is 5.01. The lowest BCUT2D eigenvalue weighted by atomic mass is 9.84. The van der Waals surface area contributed by atoms with Crippen molar-refractivity contribution < 1.29 is 14.3 Å². The van der Waals surface area contributed by atoms with Crippen LogP contribution in [0.5, 0.6) is 5.75 Å². The van der Waals surface area contributed by atoms with Crippen molar-refractivity contribution in [2.45, 2.75) is 44.6 Å². The molecule has 1 aliphatic rings. The number of methoxy groups -OCH3 is 1. The van der Waals surface area contributed by atoms with Crippen molar-refractivity contribution in [3.05, 3.63) is 28.2 Å². The molecule has 0 radical (unpaired) electrons. The maximum absolute atomic E-state index is 12.1. The molecule has 0 N–H and O–H groups in total. The fraction of sp³-hybridized carbons (Fsp3) is 0.533. The Labute approximate surface area is 122 Å². The van der Waals surface area contributed by atoms with E-state index in [1.165, 1.54) is 7.11 Å². The topological polar surface area (TPSA) is 35.5 Å². The van der Waals surface area contributed by atoms with Crippen LogP contribution in [-0.2, 0) is 9.53 Å². The Morgan fingerprint density at radius 1 is 1.26 bits per heavy atom. The van der Waals surface area contributed by atoms with Gasteiger partial charge in [-0.3, -0.25) is 0 Å². The van der Waals surface area contributed by atoms with Crippen LogP contribution in [0.3, 0.4) is 0 Å². The van der Waals surface area contributed by atoms with E-state index in [2.05, 4.69) is 15.9 Å². The third kappa shape index (κ3) is 2.94. The van der Waals surface area contributed by atoms with Gasteiger partial charge < -0.3 is 9.47 Å². The first-order valence-electron chi connectivity index (χ1n) is 6.61. The molecule has 2 rings (SSSR count). The molecule has 0 bridgehead atoms. The van der Waals surface area contributed by atoms with E-state index in [4.69, 9.17) is 9.47 Å². The first kappa shape index (κ1) is 14.4. The molecule has 3 nitrogen and oxygen atoms in total. The van der Waals surface area contributed by atoms with Crippen molar-refractivity contribution >= 4 is 21.9 Å². The van der Waals surface area contributed by atoms with Crippen LogP contribution in [-0.4, -0.2) is 18.7 Å². The lowest BCUT2D eigenvalue weighted by Crippen LogP contribution is -2.47. The van der Waals surface area contributed by atoms with E-state index >= 15 is 0 Å². The van der Waals surface area contributed by atoms with Gasteiger partial charge in [-0.15, -0.1) is 0 Å². The van der Waals surface area contributed by atoms with Gasteiger partial charge in [-0.05, 0) is 44.7 Å². The third-order valence-corrected chi connectivity index (χ3v) is 4.60. The number of carbonyl (C=O) groups is 1. The standard InChI is InChI=1S/C15H19BrO3/c1-11-12(16)7-6-8-13(11)19-15(14(17)18-2)9-4-3-5-10-15/h6-8H,3-5,9-10H2,1-2H3. The normalized spacial score (nSPS) is 17.8. The monoisotopic (exact) mass is 326 g/mol. The van der Waals surface area contributed by atoms with Gasteiger partial charge in [0.1, 0.15) is 5.75 Å².